The molecule has 2 aromatic rings. The number of benzene rings is 2. The van der Waals surface area contributed by atoms with Crippen molar-refractivity contribution in [3.8, 4) is 5.75 Å². The summed E-state index contributed by atoms with van der Waals surface area (Å²) in [5.74, 6) is 0.305. The number of rotatable bonds is 6. The Balaban J connectivity index is 1.61. The third-order valence-electron chi connectivity index (χ3n) is 4.80. The molecule has 0 spiro atoms. The van der Waals surface area contributed by atoms with Gasteiger partial charge in [-0.05, 0) is 30.2 Å². The molecule has 1 atom stereocenters. The maximum atomic E-state index is 12.5. The summed E-state index contributed by atoms with van der Waals surface area (Å²) in [5.41, 5.74) is 3.00. The van der Waals surface area contributed by atoms with Crippen LogP contribution in [-0.2, 0) is 22.6 Å². The first-order valence-electron chi connectivity index (χ1n) is 8.91. The lowest BCUT2D eigenvalue weighted by Crippen LogP contribution is -2.32. The van der Waals surface area contributed by atoms with Crippen molar-refractivity contribution in [2.75, 3.05) is 18.6 Å². The quantitative estimate of drug-likeness (QED) is 0.870. The predicted molar refractivity (Wildman–Crippen MR) is 101 cm³/mol. The molecule has 1 fully saturated rings. The van der Waals surface area contributed by atoms with E-state index in [1.165, 1.54) is 5.56 Å². The number of ether oxygens (including phenoxy) is 1. The van der Waals surface area contributed by atoms with Gasteiger partial charge < -0.3 is 15.0 Å². The highest BCUT2D eigenvalue weighted by Gasteiger charge is 2.35. The zero-order valence-corrected chi connectivity index (χ0v) is 15.2. The summed E-state index contributed by atoms with van der Waals surface area (Å²) in [4.78, 5) is 26.6. The summed E-state index contributed by atoms with van der Waals surface area (Å²) < 4.78 is 5.30. The van der Waals surface area contributed by atoms with Gasteiger partial charge in [0.15, 0.2) is 0 Å². The number of methoxy groups -OCH3 is 1. The van der Waals surface area contributed by atoms with Crippen LogP contribution < -0.4 is 15.0 Å². The fraction of sp³-hybridized carbons (Fsp3) is 0.333. The zero-order valence-electron chi connectivity index (χ0n) is 15.2. The van der Waals surface area contributed by atoms with Crippen LogP contribution in [0.25, 0.3) is 0 Å². The van der Waals surface area contributed by atoms with Crippen molar-refractivity contribution in [3.63, 3.8) is 0 Å². The first-order chi connectivity index (χ1) is 12.6. The Labute approximate surface area is 154 Å². The minimum atomic E-state index is -0.331. The molecule has 1 heterocycles. The van der Waals surface area contributed by atoms with E-state index in [4.69, 9.17) is 4.74 Å². The van der Waals surface area contributed by atoms with Gasteiger partial charge in [0.05, 0.1) is 13.0 Å². The van der Waals surface area contributed by atoms with Gasteiger partial charge in [-0.2, -0.15) is 0 Å². The molecule has 1 N–H and O–H groups in total. The zero-order chi connectivity index (χ0) is 18.5. The van der Waals surface area contributed by atoms with Crippen molar-refractivity contribution in [2.24, 2.45) is 5.92 Å². The Morgan fingerprint density at radius 1 is 1.19 bits per heavy atom. The molecule has 1 aliphatic heterocycles. The second-order valence-corrected chi connectivity index (χ2v) is 6.46. The van der Waals surface area contributed by atoms with Gasteiger partial charge in [0.25, 0.3) is 0 Å². The number of anilines is 1. The number of carbonyl (C=O) groups is 2. The molecule has 3 rings (SSSR count). The first-order valence-corrected chi connectivity index (χ1v) is 8.91. The standard InChI is InChI=1S/C21H24N2O3/c1-3-15-8-10-18(11-9-15)23-14-17(12-20(23)24)21(25)22-13-16-6-4-5-7-19(16)26-2/h4-11,17H,3,12-14H2,1-2H3,(H,22,25). The Morgan fingerprint density at radius 3 is 2.62 bits per heavy atom. The smallest absolute Gasteiger partial charge is 0.227 e. The van der Waals surface area contributed by atoms with Gasteiger partial charge in [0.2, 0.25) is 11.8 Å². The third kappa shape index (κ3) is 3.87. The highest BCUT2D eigenvalue weighted by molar-refractivity contribution is 6.00. The van der Waals surface area contributed by atoms with Crippen LogP contribution in [-0.4, -0.2) is 25.5 Å². The summed E-state index contributed by atoms with van der Waals surface area (Å²) in [6, 6.07) is 15.5. The monoisotopic (exact) mass is 352 g/mol. The van der Waals surface area contributed by atoms with Gasteiger partial charge >= 0.3 is 0 Å². The lowest BCUT2D eigenvalue weighted by atomic mass is 10.1. The molecule has 26 heavy (non-hydrogen) atoms. The molecule has 1 saturated heterocycles. The fourth-order valence-corrected chi connectivity index (χ4v) is 3.22. The van der Waals surface area contributed by atoms with Gasteiger partial charge in [-0.1, -0.05) is 37.3 Å². The van der Waals surface area contributed by atoms with Crippen LogP contribution in [0, 0.1) is 5.92 Å². The van der Waals surface area contributed by atoms with Gasteiger partial charge in [0, 0.05) is 30.8 Å². The summed E-state index contributed by atoms with van der Waals surface area (Å²) in [5, 5.41) is 2.93. The van der Waals surface area contributed by atoms with Gasteiger partial charge in [0.1, 0.15) is 5.75 Å². The molecule has 0 radical (unpaired) electrons. The number of amides is 2. The Bertz CT molecular complexity index is 786. The highest BCUT2D eigenvalue weighted by atomic mass is 16.5. The second kappa shape index (κ2) is 8.04. The van der Waals surface area contributed by atoms with Gasteiger partial charge in [-0.3, -0.25) is 9.59 Å². The van der Waals surface area contributed by atoms with Crippen molar-refractivity contribution in [3.05, 3.63) is 59.7 Å². The van der Waals surface area contributed by atoms with Crippen molar-refractivity contribution in [2.45, 2.75) is 26.3 Å². The molecule has 0 bridgehead atoms. The second-order valence-electron chi connectivity index (χ2n) is 6.46. The molecule has 2 aromatic carbocycles. The first kappa shape index (κ1) is 18.0. The van der Waals surface area contributed by atoms with Gasteiger partial charge in [-0.25, -0.2) is 0 Å². The lowest BCUT2D eigenvalue weighted by Gasteiger charge is -2.17. The van der Waals surface area contributed by atoms with Crippen LogP contribution in [0.2, 0.25) is 0 Å². The molecular formula is C21H24N2O3. The van der Waals surface area contributed by atoms with E-state index in [0.717, 1.165) is 23.4 Å². The Hall–Kier alpha value is -2.82. The van der Waals surface area contributed by atoms with Crippen molar-refractivity contribution in [1.82, 2.24) is 5.32 Å². The van der Waals surface area contributed by atoms with Crippen molar-refractivity contribution in [1.29, 1.82) is 0 Å². The summed E-state index contributed by atoms with van der Waals surface area (Å²) in [6.07, 6.45) is 1.20. The van der Waals surface area contributed by atoms with E-state index in [1.807, 2.05) is 48.5 Å². The molecule has 0 aliphatic carbocycles. The molecule has 0 aromatic heterocycles. The molecule has 1 unspecified atom stereocenters. The fourth-order valence-electron chi connectivity index (χ4n) is 3.22. The van der Waals surface area contributed by atoms with Crippen LogP contribution >= 0.6 is 0 Å². The van der Waals surface area contributed by atoms with E-state index in [1.54, 1.807) is 12.0 Å². The average molecular weight is 352 g/mol. The van der Waals surface area contributed by atoms with Crippen LogP contribution in [0.1, 0.15) is 24.5 Å². The van der Waals surface area contributed by atoms with E-state index >= 15 is 0 Å². The normalized spacial score (nSPS) is 16.6. The van der Waals surface area contributed by atoms with Crippen LogP contribution in [0.15, 0.2) is 48.5 Å². The van der Waals surface area contributed by atoms with E-state index in [2.05, 4.69) is 12.2 Å². The maximum absolute atomic E-state index is 12.5. The number of hydrogen-bond acceptors (Lipinski definition) is 3. The number of aryl methyl sites for hydroxylation is 1. The number of hydrogen-bond donors (Lipinski definition) is 1. The molecule has 2 amide bonds. The molecule has 136 valence electrons. The third-order valence-corrected chi connectivity index (χ3v) is 4.80. The van der Waals surface area contributed by atoms with Crippen molar-refractivity contribution >= 4 is 17.5 Å². The van der Waals surface area contributed by atoms with Crippen molar-refractivity contribution < 1.29 is 14.3 Å². The van der Waals surface area contributed by atoms with E-state index in [9.17, 15) is 9.59 Å². The van der Waals surface area contributed by atoms with E-state index in [-0.39, 0.29) is 24.2 Å². The lowest BCUT2D eigenvalue weighted by molar-refractivity contribution is -0.126. The van der Waals surface area contributed by atoms with Crippen LogP contribution in [0.5, 0.6) is 5.75 Å². The maximum Gasteiger partial charge on any atom is 0.227 e. The molecule has 0 saturated carbocycles. The number of nitrogens with one attached hydrogen (secondary N) is 1. The summed E-state index contributed by atoms with van der Waals surface area (Å²) in [7, 11) is 1.61. The predicted octanol–water partition coefficient (Wildman–Crippen LogP) is 2.93. The Morgan fingerprint density at radius 2 is 1.92 bits per heavy atom. The van der Waals surface area contributed by atoms with E-state index < -0.39 is 0 Å². The highest BCUT2D eigenvalue weighted by Crippen LogP contribution is 2.26. The number of carbonyl (C=O) groups excluding carboxylic acids is 2. The minimum Gasteiger partial charge on any atom is -0.496 e. The summed E-state index contributed by atoms with van der Waals surface area (Å²) >= 11 is 0. The average Bonchev–Trinajstić information content (AvgIpc) is 3.08. The molecule has 5 nitrogen and oxygen atoms in total. The summed E-state index contributed by atoms with van der Waals surface area (Å²) in [6.45, 7) is 2.90. The topological polar surface area (TPSA) is 58.6 Å². The number of para-hydroxylation sites is 1. The largest absolute Gasteiger partial charge is 0.496 e. The number of nitrogens with zero attached hydrogens (tertiary/aromatic N) is 1. The van der Waals surface area contributed by atoms with E-state index in [0.29, 0.717) is 13.1 Å². The van der Waals surface area contributed by atoms with Crippen LogP contribution in [0.3, 0.4) is 0 Å². The molecule has 5 heteroatoms. The Kier molecular flexibility index (Phi) is 5.56. The minimum absolute atomic E-state index is 0.00769. The molecular weight excluding hydrogens is 328 g/mol. The molecule has 1 aliphatic rings. The SMILES string of the molecule is CCc1ccc(N2CC(C(=O)NCc3ccccc3OC)CC2=O)cc1. The van der Waals surface area contributed by atoms with Gasteiger partial charge in [-0.15, -0.1) is 0 Å². The van der Waals surface area contributed by atoms with Crippen LogP contribution in [0.4, 0.5) is 5.69 Å².